The summed E-state index contributed by atoms with van der Waals surface area (Å²) in [5.74, 6) is 1.26. The van der Waals surface area contributed by atoms with E-state index < -0.39 is 0 Å². The minimum absolute atomic E-state index is 0. The summed E-state index contributed by atoms with van der Waals surface area (Å²) in [6.07, 6.45) is 0.738. The maximum Gasteiger partial charge on any atom is 0.274 e. The lowest BCUT2D eigenvalue weighted by Crippen LogP contribution is -2.24. The van der Waals surface area contributed by atoms with Crippen LogP contribution in [-0.2, 0) is 13.5 Å². The van der Waals surface area contributed by atoms with Gasteiger partial charge >= 0.3 is 0 Å². The summed E-state index contributed by atoms with van der Waals surface area (Å²) >= 11 is 3.60. The zero-order chi connectivity index (χ0) is 16.4. The van der Waals surface area contributed by atoms with Crippen LogP contribution >= 0.6 is 28.3 Å². The van der Waals surface area contributed by atoms with Crippen LogP contribution < -0.4 is 5.32 Å². The third-order valence-electron chi connectivity index (χ3n) is 3.94. The Hall–Kier alpha value is -1.63. The Bertz CT molecular complexity index is 815. The van der Waals surface area contributed by atoms with Gasteiger partial charge in [-0.2, -0.15) is 4.98 Å². The minimum Gasteiger partial charge on any atom is -0.340 e. The van der Waals surface area contributed by atoms with E-state index in [9.17, 15) is 0 Å². The molecular weight excluding hydrogens is 392 g/mol. The molecule has 128 valence electrons. The zero-order valence-corrected chi connectivity index (χ0v) is 16.2. The van der Waals surface area contributed by atoms with E-state index in [1.54, 1.807) is 0 Å². The maximum atomic E-state index is 5.43. The van der Waals surface area contributed by atoms with Crippen molar-refractivity contribution in [3.05, 3.63) is 46.7 Å². The van der Waals surface area contributed by atoms with Crippen molar-refractivity contribution in [2.45, 2.75) is 19.4 Å². The van der Waals surface area contributed by atoms with Crippen LogP contribution in [0.4, 0.5) is 0 Å². The molecule has 24 heavy (non-hydrogen) atoms. The lowest BCUT2D eigenvalue weighted by molar-refractivity contribution is 0.416. The Labute approximate surface area is 156 Å². The van der Waals surface area contributed by atoms with Gasteiger partial charge in [0.25, 0.3) is 5.89 Å². The molecule has 0 aliphatic carbocycles. The number of likely N-dealkylation sites (N-methyl/N-ethyl adjacent to an activating group) is 1. The Morgan fingerprint density at radius 2 is 1.92 bits per heavy atom. The van der Waals surface area contributed by atoms with Gasteiger partial charge in [-0.3, -0.25) is 0 Å². The molecule has 1 N–H and O–H groups in total. The molecule has 7 heteroatoms. The fraction of sp³-hybridized carbons (Fsp3) is 0.294. The van der Waals surface area contributed by atoms with Gasteiger partial charge in [-0.15, -0.1) is 12.4 Å². The van der Waals surface area contributed by atoms with E-state index >= 15 is 0 Å². The minimum atomic E-state index is 0. The first-order valence-electron chi connectivity index (χ1n) is 7.51. The Morgan fingerprint density at radius 3 is 2.62 bits per heavy atom. The molecule has 1 atom stereocenters. The predicted octanol–water partition coefficient (Wildman–Crippen LogP) is 4.08. The van der Waals surface area contributed by atoms with Crippen molar-refractivity contribution < 1.29 is 4.52 Å². The van der Waals surface area contributed by atoms with E-state index in [-0.39, 0.29) is 12.4 Å². The van der Waals surface area contributed by atoms with Crippen molar-refractivity contribution in [3.8, 4) is 22.8 Å². The molecule has 0 amide bonds. The first kappa shape index (κ1) is 18.7. The van der Waals surface area contributed by atoms with Gasteiger partial charge in [-0.05, 0) is 32.2 Å². The second-order valence-corrected chi connectivity index (χ2v) is 6.41. The molecule has 5 nitrogen and oxygen atoms in total. The van der Waals surface area contributed by atoms with Gasteiger partial charge in [0.05, 0.1) is 0 Å². The van der Waals surface area contributed by atoms with Crippen LogP contribution in [0, 0.1) is 0 Å². The summed E-state index contributed by atoms with van der Waals surface area (Å²) in [4.78, 5) is 4.51. The third-order valence-corrected chi connectivity index (χ3v) is 4.63. The summed E-state index contributed by atoms with van der Waals surface area (Å²) in [7, 11) is 3.93. The predicted molar refractivity (Wildman–Crippen MR) is 101 cm³/mol. The van der Waals surface area contributed by atoms with Gasteiger partial charge in [-0.25, -0.2) is 0 Å². The molecule has 3 rings (SSSR count). The standard InChI is InChI=1S/C17H19BrN4O.ClH/c1-11(19-2)10-16-20-17(23-21-16)15-9-8-14(22(15)3)12-6-4-5-7-13(12)18;/h4-9,11,19H,10H2,1-3H3;1H. The molecule has 0 aliphatic rings. The van der Waals surface area contributed by atoms with Crippen LogP contribution in [0.2, 0.25) is 0 Å². The van der Waals surface area contributed by atoms with Crippen LogP contribution in [0.5, 0.6) is 0 Å². The molecule has 1 unspecified atom stereocenters. The van der Waals surface area contributed by atoms with Crippen LogP contribution in [0.15, 0.2) is 45.4 Å². The Balaban J connectivity index is 0.00000208. The summed E-state index contributed by atoms with van der Waals surface area (Å²) in [5, 5.41) is 7.25. The highest BCUT2D eigenvalue weighted by Gasteiger charge is 2.16. The Morgan fingerprint density at radius 1 is 1.21 bits per heavy atom. The number of nitrogens with zero attached hydrogens (tertiary/aromatic N) is 3. The third kappa shape index (κ3) is 3.71. The van der Waals surface area contributed by atoms with Gasteiger partial charge in [0.15, 0.2) is 5.82 Å². The van der Waals surface area contributed by atoms with Gasteiger partial charge in [-0.1, -0.05) is 39.3 Å². The molecule has 0 spiro atoms. The van der Waals surface area contributed by atoms with E-state index in [2.05, 4.69) is 55.0 Å². The number of halogens is 2. The first-order chi connectivity index (χ1) is 11.1. The SMILES string of the molecule is CNC(C)Cc1noc(-c2ccc(-c3ccccc3Br)n2C)n1.Cl. The fourth-order valence-corrected chi connectivity index (χ4v) is 2.97. The normalized spacial score (nSPS) is 12.0. The van der Waals surface area contributed by atoms with Gasteiger partial charge in [0, 0.05) is 35.2 Å². The molecule has 0 aliphatic heterocycles. The van der Waals surface area contributed by atoms with Gasteiger partial charge < -0.3 is 14.4 Å². The smallest absolute Gasteiger partial charge is 0.274 e. The number of aromatic nitrogens is 3. The summed E-state index contributed by atoms with van der Waals surface area (Å²) in [6, 6.07) is 12.5. The number of hydrogen-bond acceptors (Lipinski definition) is 4. The molecule has 0 saturated carbocycles. The van der Waals surface area contributed by atoms with Crippen LogP contribution in [-0.4, -0.2) is 27.8 Å². The lowest BCUT2D eigenvalue weighted by Gasteiger charge is -2.07. The summed E-state index contributed by atoms with van der Waals surface area (Å²) in [5.41, 5.74) is 3.13. The number of rotatable bonds is 5. The second kappa shape index (κ2) is 7.96. The van der Waals surface area contributed by atoms with Crippen LogP contribution in [0.3, 0.4) is 0 Å². The zero-order valence-electron chi connectivity index (χ0n) is 13.8. The molecule has 0 radical (unpaired) electrons. The van der Waals surface area contributed by atoms with Crippen molar-refractivity contribution in [3.63, 3.8) is 0 Å². The van der Waals surface area contributed by atoms with Crippen molar-refractivity contribution in [2.75, 3.05) is 7.05 Å². The monoisotopic (exact) mass is 410 g/mol. The van der Waals surface area contributed by atoms with Gasteiger partial charge in [0.1, 0.15) is 5.69 Å². The average Bonchev–Trinajstić information content (AvgIpc) is 3.14. The van der Waals surface area contributed by atoms with Crippen molar-refractivity contribution in [1.29, 1.82) is 0 Å². The highest BCUT2D eigenvalue weighted by atomic mass is 79.9. The van der Waals surface area contributed by atoms with E-state index in [0.717, 1.165) is 27.8 Å². The molecule has 0 saturated heterocycles. The molecule has 3 aromatic rings. The first-order valence-corrected chi connectivity index (χ1v) is 8.30. The molecule has 0 bridgehead atoms. The quantitative estimate of drug-likeness (QED) is 0.687. The van der Waals surface area contributed by atoms with Crippen molar-refractivity contribution in [1.82, 2.24) is 20.0 Å². The number of nitrogens with one attached hydrogen (secondary N) is 1. The largest absolute Gasteiger partial charge is 0.340 e. The van der Waals surface area contributed by atoms with Crippen LogP contribution in [0.25, 0.3) is 22.8 Å². The van der Waals surface area contributed by atoms with Crippen molar-refractivity contribution >= 4 is 28.3 Å². The van der Waals surface area contributed by atoms with Crippen LogP contribution in [0.1, 0.15) is 12.7 Å². The fourth-order valence-electron chi connectivity index (χ4n) is 2.48. The lowest BCUT2D eigenvalue weighted by atomic mass is 10.1. The molecule has 0 fully saturated rings. The van der Waals surface area contributed by atoms with Gasteiger partial charge in [0.2, 0.25) is 0 Å². The Kier molecular flexibility index (Phi) is 6.21. The maximum absolute atomic E-state index is 5.43. The molecule has 1 aromatic carbocycles. The molecule has 2 heterocycles. The summed E-state index contributed by atoms with van der Waals surface area (Å²) in [6.45, 7) is 2.09. The average molecular weight is 412 g/mol. The van der Waals surface area contributed by atoms with E-state index in [4.69, 9.17) is 4.52 Å². The highest BCUT2D eigenvalue weighted by molar-refractivity contribution is 9.10. The topological polar surface area (TPSA) is 55.9 Å². The number of hydrogen-bond donors (Lipinski definition) is 1. The van der Waals surface area contributed by atoms with E-state index in [1.165, 1.54) is 0 Å². The van der Waals surface area contributed by atoms with Crippen molar-refractivity contribution in [2.24, 2.45) is 7.05 Å². The second-order valence-electron chi connectivity index (χ2n) is 5.55. The van der Waals surface area contributed by atoms with E-state index in [1.807, 2.05) is 38.4 Å². The molecular formula is C17H20BrClN4O. The molecule has 2 aromatic heterocycles. The summed E-state index contributed by atoms with van der Waals surface area (Å²) < 4.78 is 8.56. The number of benzene rings is 1. The highest BCUT2D eigenvalue weighted by Crippen LogP contribution is 2.31. The van der Waals surface area contributed by atoms with E-state index in [0.29, 0.717) is 17.8 Å².